The number of sulfonamides is 1. The SMILES string of the molecule is O=C(c1cnccn1)N1CCN(S(=O)(=O)c2ccc3ncoc3c2)CC1. The molecule has 26 heavy (non-hydrogen) atoms. The van der Waals surface area contributed by atoms with Crippen molar-refractivity contribution in [1.29, 1.82) is 0 Å². The molecular formula is C16H15N5O4S. The second-order valence-electron chi connectivity index (χ2n) is 5.77. The molecule has 0 unspecified atom stereocenters. The number of hydrogen-bond donors (Lipinski definition) is 0. The Balaban J connectivity index is 1.49. The van der Waals surface area contributed by atoms with E-state index in [0.29, 0.717) is 24.2 Å². The van der Waals surface area contributed by atoms with E-state index in [9.17, 15) is 13.2 Å². The average molecular weight is 373 g/mol. The molecule has 2 aromatic heterocycles. The predicted molar refractivity (Wildman–Crippen MR) is 90.7 cm³/mol. The molecule has 10 heteroatoms. The quantitative estimate of drug-likeness (QED) is 0.667. The second-order valence-corrected chi connectivity index (χ2v) is 7.71. The molecule has 0 atom stereocenters. The summed E-state index contributed by atoms with van der Waals surface area (Å²) in [6.45, 7) is 1.00. The maximum atomic E-state index is 12.8. The zero-order chi connectivity index (χ0) is 18.1. The van der Waals surface area contributed by atoms with E-state index in [1.807, 2.05) is 0 Å². The summed E-state index contributed by atoms with van der Waals surface area (Å²) >= 11 is 0. The molecule has 3 heterocycles. The van der Waals surface area contributed by atoms with Crippen LogP contribution in [0, 0.1) is 0 Å². The van der Waals surface area contributed by atoms with Crippen molar-refractivity contribution in [3.63, 3.8) is 0 Å². The molecule has 134 valence electrons. The van der Waals surface area contributed by atoms with Crippen LogP contribution in [0.3, 0.4) is 0 Å². The van der Waals surface area contributed by atoms with Gasteiger partial charge in [-0.15, -0.1) is 0 Å². The smallest absolute Gasteiger partial charge is 0.274 e. The number of carbonyl (C=O) groups is 1. The van der Waals surface area contributed by atoms with Gasteiger partial charge in [0.05, 0.1) is 11.1 Å². The molecule has 1 aliphatic heterocycles. The fourth-order valence-electron chi connectivity index (χ4n) is 2.85. The fraction of sp³-hybridized carbons (Fsp3) is 0.250. The third-order valence-electron chi connectivity index (χ3n) is 4.25. The van der Waals surface area contributed by atoms with Gasteiger partial charge >= 0.3 is 0 Å². The highest BCUT2D eigenvalue weighted by molar-refractivity contribution is 7.89. The number of aromatic nitrogens is 3. The van der Waals surface area contributed by atoms with E-state index in [2.05, 4.69) is 15.0 Å². The lowest BCUT2D eigenvalue weighted by Gasteiger charge is -2.33. The third-order valence-corrected chi connectivity index (χ3v) is 6.14. The first-order valence-corrected chi connectivity index (χ1v) is 9.38. The minimum atomic E-state index is -3.67. The number of nitrogens with zero attached hydrogens (tertiary/aromatic N) is 5. The number of oxazole rings is 1. The van der Waals surface area contributed by atoms with Gasteiger partial charge in [0.2, 0.25) is 10.0 Å². The van der Waals surface area contributed by atoms with Crippen molar-refractivity contribution in [3.05, 3.63) is 48.9 Å². The zero-order valence-electron chi connectivity index (χ0n) is 13.6. The largest absolute Gasteiger partial charge is 0.443 e. The first kappa shape index (κ1) is 16.6. The second kappa shape index (κ2) is 6.46. The van der Waals surface area contributed by atoms with Crippen LogP contribution in [0.1, 0.15) is 10.5 Å². The van der Waals surface area contributed by atoms with Crippen molar-refractivity contribution in [3.8, 4) is 0 Å². The van der Waals surface area contributed by atoms with Crippen LogP contribution >= 0.6 is 0 Å². The van der Waals surface area contributed by atoms with Crippen molar-refractivity contribution in [2.45, 2.75) is 4.90 Å². The molecule has 1 aliphatic rings. The third kappa shape index (κ3) is 2.93. The summed E-state index contributed by atoms with van der Waals surface area (Å²) in [5.74, 6) is -0.252. The van der Waals surface area contributed by atoms with E-state index in [4.69, 9.17) is 4.42 Å². The summed E-state index contributed by atoms with van der Waals surface area (Å²) in [7, 11) is -3.67. The lowest BCUT2D eigenvalue weighted by molar-refractivity contribution is 0.0691. The molecule has 1 saturated heterocycles. The first-order valence-electron chi connectivity index (χ1n) is 7.94. The molecular weight excluding hydrogens is 358 g/mol. The first-order chi connectivity index (χ1) is 12.6. The van der Waals surface area contributed by atoms with E-state index < -0.39 is 10.0 Å². The van der Waals surface area contributed by atoms with Crippen LogP contribution in [0.2, 0.25) is 0 Å². The number of amides is 1. The predicted octanol–water partition coefficient (Wildman–Crippen LogP) is 0.764. The Kier molecular flexibility index (Phi) is 4.13. The standard InChI is InChI=1S/C16H15N5O4S/c22-16(14-10-17-3-4-18-14)20-5-7-21(8-6-20)26(23,24)12-1-2-13-15(9-12)25-11-19-13/h1-4,9-11H,5-8H2. The van der Waals surface area contributed by atoms with Gasteiger partial charge in [0.25, 0.3) is 5.91 Å². The molecule has 9 nitrogen and oxygen atoms in total. The van der Waals surface area contributed by atoms with E-state index in [0.717, 1.165) is 0 Å². The highest BCUT2D eigenvalue weighted by Crippen LogP contribution is 2.22. The Morgan fingerprint density at radius 2 is 1.88 bits per heavy atom. The molecule has 0 radical (unpaired) electrons. The zero-order valence-corrected chi connectivity index (χ0v) is 14.5. The minimum absolute atomic E-state index is 0.149. The Bertz CT molecular complexity index is 1040. The van der Waals surface area contributed by atoms with Crippen molar-refractivity contribution in [1.82, 2.24) is 24.2 Å². The van der Waals surface area contributed by atoms with Gasteiger partial charge in [0, 0.05) is 44.6 Å². The average Bonchev–Trinajstić information content (AvgIpc) is 3.16. The number of benzene rings is 1. The highest BCUT2D eigenvalue weighted by atomic mass is 32.2. The highest BCUT2D eigenvalue weighted by Gasteiger charge is 2.31. The van der Waals surface area contributed by atoms with Gasteiger partial charge in [-0.1, -0.05) is 0 Å². The topological polar surface area (TPSA) is 110 Å². The van der Waals surface area contributed by atoms with Gasteiger partial charge in [-0.2, -0.15) is 4.31 Å². The Morgan fingerprint density at radius 3 is 2.62 bits per heavy atom. The van der Waals surface area contributed by atoms with Crippen LogP contribution in [0.4, 0.5) is 0 Å². The molecule has 0 N–H and O–H groups in total. The molecule has 1 amide bonds. The number of carbonyl (C=O) groups excluding carboxylic acids is 1. The summed E-state index contributed by atoms with van der Waals surface area (Å²) in [5, 5.41) is 0. The molecule has 4 rings (SSSR count). The van der Waals surface area contributed by atoms with Gasteiger partial charge in [-0.25, -0.2) is 18.4 Å². The Morgan fingerprint density at radius 1 is 1.08 bits per heavy atom. The van der Waals surface area contributed by atoms with E-state index in [1.54, 1.807) is 11.0 Å². The van der Waals surface area contributed by atoms with Crippen molar-refractivity contribution >= 4 is 27.0 Å². The van der Waals surface area contributed by atoms with E-state index >= 15 is 0 Å². The van der Waals surface area contributed by atoms with Crippen molar-refractivity contribution in [2.75, 3.05) is 26.2 Å². The molecule has 1 aromatic carbocycles. The summed E-state index contributed by atoms with van der Waals surface area (Å²) in [4.78, 5) is 26.0. The Labute approximate surface area is 149 Å². The summed E-state index contributed by atoms with van der Waals surface area (Å²) < 4.78 is 32.2. The fourth-order valence-corrected chi connectivity index (χ4v) is 4.29. The maximum Gasteiger partial charge on any atom is 0.274 e. The molecule has 0 aliphatic carbocycles. The van der Waals surface area contributed by atoms with Crippen LogP contribution in [-0.4, -0.2) is 64.7 Å². The van der Waals surface area contributed by atoms with Crippen LogP contribution < -0.4 is 0 Å². The number of hydrogen-bond acceptors (Lipinski definition) is 7. The molecule has 0 saturated carbocycles. The molecule has 0 bridgehead atoms. The summed E-state index contributed by atoms with van der Waals surface area (Å²) in [5.41, 5.74) is 1.27. The van der Waals surface area contributed by atoms with Crippen LogP contribution in [0.5, 0.6) is 0 Å². The molecule has 0 spiro atoms. The lowest BCUT2D eigenvalue weighted by Crippen LogP contribution is -2.50. The van der Waals surface area contributed by atoms with Gasteiger partial charge in [0.1, 0.15) is 11.2 Å². The molecule has 1 fully saturated rings. The molecule has 3 aromatic rings. The van der Waals surface area contributed by atoms with E-state index in [-0.39, 0.29) is 29.6 Å². The lowest BCUT2D eigenvalue weighted by atomic mass is 10.3. The van der Waals surface area contributed by atoms with E-state index in [1.165, 1.54) is 41.4 Å². The summed E-state index contributed by atoms with van der Waals surface area (Å²) in [6.07, 6.45) is 5.62. The number of rotatable bonds is 3. The number of fused-ring (bicyclic) bond motifs is 1. The van der Waals surface area contributed by atoms with Gasteiger partial charge in [-0.05, 0) is 12.1 Å². The van der Waals surface area contributed by atoms with Gasteiger partial charge in [0.15, 0.2) is 12.0 Å². The maximum absolute atomic E-state index is 12.8. The summed E-state index contributed by atoms with van der Waals surface area (Å²) in [6, 6.07) is 4.59. The van der Waals surface area contributed by atoms with Crippen molar-refractivity contribution in [2.24, 2.45) is 0 Å². The van der Waals surface area contributed by atoms with Crippen LogP contribution in [0.15, 0.2) is 52.5 Å². The van der Waals surface area contributed by atoms with Crippen LogP contribution in [0.25, 0.3) is 11.1 Å². The van der Waals surface area contributed by atoms with Gasteiger partial charge < -0.3 is 9.32 Å². The van der Waals surface area contributed by atoms with Crippen LogP contribution in [-0.2, 0) is 10.0 Å². The normalized spacial score (nSPS) is 16.1. The monoisotopic (exact) mass is 373 g/mol. The Hall–Kier alpha value is -2.85. The van der Waals surface area contributed by atoms with Gasteiger partial charge in [-0.3, -0.25) is 9.78 Å². The van der Waals surface area contributed by atoms with Crippen molar-refractivity contribution < 1.29 is 17.6 Å². The number of piperazine rings is 1. The minimum Gasteiger partial charge on any atom is -0.443 e.